The zero-order chi connectivity index (χ0) is 19.1. The number of carbonyl (C=O) groups is 1. The van der Waals surface area contributed by atoms with E-state index in [2.05, 4.69) is 10.3 Å². The topological polar surface area (TPSA) is 69.7 Å². The molecule has 8 heteroatoms. The fraction of sp³-hybridized carbons (Fsp3) is 0.333. The van der Waals surface area contributed by atoms with E-state index >= 15 is 0 Å². The molecule has 2 rings (SSSR count). The van der Waals surface area contributed by atoms with Gasteiger partial charge in [-0.05, 0) is 30.2 Å². The highest BCUT2D eigenvalue weighted by molar-refractivity contribution is 6.35. The number of nitrogens with one attached hydrogen (secondary N) is 1. The van der Waals surface area contributed by atoms with Crippen molar-refractivity contribution in [2.24, 2.45) is 0 Å². The molecule has 0 aliphatic carbocycles. The average Bonchev–Trinajstić information content (AvgIpc) is 2.65. The van der Waals surface area contributed by atoms with Crippen molar-refractivity contribution in [3.8, 4) is 17.4 Å². The van der Waals surface area contributed by atoms with Crippen LogP contribution in [0.25, 0.3) is 0 Å². The second-order valence-corrected chi connectivity index (χ2v) is 6.21. The van der Waals surface area contributed by atoms with Gasteiger partial charge in [-0.3, -0.25) is 4.79 Å². The van der Waals surface area contributed by atoms with Crippen LogP contribution in [0.1, 0.15) is 18.9 Å². The standard InChI is InChI=1S/C18H20Cl2N2O4/c1-4-14(26-18-13(20)8-12(19)10-22-18)17(23)21-9-11-5-6-15(24-2)16(7-11)25-3/h5-8,10,14H,4,9H2,1-3H3,(H,21,23)/t14-/m1/s1. The maximum absolute atomic E-state index is 12.4. The van der Waals surface area contributed by atoms with Crippen LogP contribution in [0.3, 0.4) is 0 Å². The summed E-state index contributed by atoms with van der Waals surface area (Å²) in [6, 6.07) is 6.95. The van der Waals surface area contributed by atoms with Crippen molar-refractivity contribution in [3.05, 3.63) is 46.1 Å². The van der Waals surface area contributed by atoms with Gasteiger partial charge in [0.2, 0.25) is 5.88 Å². The number of halogens is 2. The maximum Gasteiger partial charge on any atom is 0.261 e. The van der Waals surface area contributed by atoms with E-state index in [0.717, 1.165) is 5.56 Å². The Hall–Kier alpha value is -2.18. The first kappa shape index (κ1) is 20.1. The number of hydrogen-bond donors (Lipinski definition) is 1. The molecule has 0 aliphatic rings. The van der Waals surface area contributed by atoms with E-state index in [1.807, 2.05) is 13.0 Å². The number of ether oxygens (including phenoxy) is 3. The van der Waals surface area contributed by atoms with Gasteiger partial charge in [-0.25, -0.2) is 4.98 Å². The lowest BCUT2D eigenvalue weighted by Gasteiger charge is -2.17. The van der Waals surface area contributed by atoms with Crippen molar-refractivity contribution in [1.29, 1.82) is 0 Å². The van der Waals surface area contributed by atoms with Gasteiger partial charge < -0.3 is 19.5 Å². The minimum Gasteiger partial charge on any atom is -0.493 e. The number of methoxy groups -OCH3 is 2. The number of amides is 1. The number of benzene rings is 1. The zero-order valence-electron chi connectivity index (χ0n) is 14.7. The summed E-state index contributed by atoms with van der Waals surface area (Å²) >= 11 is 11.9. The Balaban J connectivity index is 2.00. The third kappa shape index (κ3) is 5.16. The van der Waals surface area contributed by atoms with Gasteiger partial charge in [0.05, 0.1) is 19.2 Å². The lowest BCUT2D eigenvalue weighted by molar-refractivity contribution is -0.128. The summed E-state index contributed by atoms with van der Waals surface area (Å²) in [6.07, 6.45) is 1.15. The van der Waals surface area contributed by atoms with E-state index in [4.69, 9.17) is 37.4 Å². The first-order valence-electron chi connectivity index (χ1n) is 7.94. The molecule has 1 aromatic heterocycles. The predicted octanol–water partition coefficient (Wildman–Crippen LogP) is 3.88. The fourth-order valence-electron chi connectivity index (χ4n) is 2.24. The molecule has 0 saturated carbocycles. The van der Waals surface area contributed by atoms with Crippen molar-refractivity contribution in [1.82, 2.24) is 10.3 Å². The van der Waals surface area contributed by atoms with E-state index in [1.54, 1.807) is 26.4 Å². The Bertz CT molecular complexity index is 771. The van der Waals surface area contributed by atoms with Gasteiger partial charge in [0.25, 0.3) is 5.91 Å². The quantitative estimate of drug-likeness (QED) is 0.730. The number of rotatable bonds is 8. The number of aromatic nitrogens is 1. The maximum atomic E-state index is 12.4. The summed E-state index contributed by atoms with van der Waals surface area (Å²) in [7, 11) is 3.13. The van der Waals surface area contributed by atoms with Crippen molar-refractivity contribution in [2.75, 3.05) is 14.2 Å². The Kier molecular flexibility index (Phi) is 7.36. The molecule has 1 N–H and O–H groups in total. The molecule has 1 amide bonds. The minimum absolute atomic E-state index is 0.171. The molecule has 1 aromatic carbocycles. The molecule has 26 heavy (non-hydrogen) atoms. The first-order chi connectivity index (χ1) is 12.5. The van der Waals surface area contributed by atoms with Crippen molar-refractivity contribution in [3.63, 3.8) is 0 Å². The predicted molar refractivity (Wildman–Crippen MR) is 100 cm³/mol. The van der Waals surface area contributed by atoms with Crippen LogP contribution in [0.2, 0.25) is 10.0 Å². The van der Waals surface area contributed by atoms with Crippen LogP contribution in [-0.2, 0) is 11.3 Å². The highest BCUT2D eigenvalue weighted by Crippen LogP contribution is 2.28. The summed E-state index contributed by atoms with van der Waals surface area (Å²) in [4.78, 5) is 16.4. The molecule has 0 bridgehead atoms. The van der Waals surface area contributed by atoms with Crippen LogP contribution in [-0.4, -0.2) is 31.2 Å². The van der Waals surface area contributed by atoms with Crippen LogP contribution in [0.4, 0.5) is 0 Å². The van der Waals surface area contributed by atoms with E-state index in [-0.39, 0.29) is 16.8 Å². The van der Waals surface area contributed by atoms with E-state index < -0.39 is 6.10 Å². The Labute approximate surface area is 162 Å². The van der Waals surface area contributed by atoms with Crippen LogP contribution in [0.5, 0.6) is 17.4 Å². The van der Waals surface area contributed by atoms with Crippen molar-refractivity contribution >= 4 is 29.1 Å². The summed E-state index contributed by atoms with van der Waals surface area (Å²) in [5.41, 5.74) is 0.869. The molecule has 2 aromatic rings. The second-order valence-electron chi connectivity index (χ2n) is 5.36. The molecule has 0 unspecified atom stereocenters. The average molecular weight is 399 g/mol. The molecule has 0 fully saturated rings. The molecule has 0 aliphatic heterocycles. The molecule has 0 radical (unpaired) electrons. The number of hydrogen-bond acceptors (Lipinski definition) is 5. The van der Waals surface area contributed by atoms with Crippen LogP contribution in [0, 0.1) is 0 Å². The minimum atomic E-state index is -0.721. The molecular weight excluding hydrogens is 379 g/mol. The molecule has 6 nitrogen and oxygen atoms in total. The van der Waals surface area contributed by atoms with Gasteiger partial charge in [0.15, 0.2) is 17.6 Å². The molecule has 1 heterocycles. The first-order valence-corrected chi connectivity index (χ1v) is 8.70. The Morgan fingerprint density at radius 1 is 1.19 bits per heavy atom. The van der Waals surface area contributed by atoms with Gasteiger partial charge in [0, 0.05) is 12.7 Å². The zero-order valence-corrected chi connectivity index (χ0v) is 16.2. The Morgan fingerprint density at radius 2 is 1.92 bits per heavy atom. The molecule has 0 spiro atoms. The fourth-order valence-corrected chi connectivity index (χ4v) is 2.66. The number of nitrogens with zero attached hydrogens (tertiary/aromatic N) is 1. The molecular formula is C18H20Cl2N2O4. The number of carbonyl (C=O) groups excluding carboxylic acids is 1. The SMILES string of the molecule is CC[C@@H](Oc1ncc(Cl)cc1Cl)C(=O)NCc1ccc(OC)c(OC)c1. The molecule has 140 valence electrons. The van der Waals surface area contributed by atoms with Gasteiger partial charge in [-0.2, -0.15) is 0 Å². The largest absolute Gasteiger partial charge is 0.493 e. The lowest BCUT2D eigenvalue weighted by atomic mass is 10.2. The van der Waals surface area contributed by atoms with Crippen LogP contribution >= 0.6 is 23.2 Å². The van der Waals surface area contributed by atoms with E-state index in [1.165, 1.54) is 12.3 Å². The summed E-state index contributed by atoms with van der Waals surface area (Å²) < 4.78 is 16.1. The van der Waals surface area contributed by atoms with Crippen LogP contribution in [0.15, 0.2) is 30.5 Å². The van der Waals surface area contributed by atoms with Crippen molar-refractivity contribution in [2.45, 2.75) is 26.0 Å². The summed E-state index contributed by atoms with van der Waals surface area (Å²) in [5, 5.41) is 3.48. The lowest BCUT2D eigenvalue weighted by Crippen LogP contribution is -2.37. The van der Waals surface area contributed by atoms with Gasteiger partial charge in [0.1, 0.15) is 5.02 Å². The van der Waals surface area contributed by atoms with E-state index in [9.17, 15) is 4.79 Å². The highest BCUT2D eigenvalue weighted by atomic mass is 35.5. The summed E-state index contributed by atoms with van der Waals surface area (Å²) in [6.45, 7) is 2.16. The second kappa shape index (κ2) is 9.50. The number of pyridine rings is 1. The van der Waals surface area contributed by atoms with Gasteiger partial charge in [-0.1, -0.05) is 36.2 Å². The molecule has 1 atom stereocenters. The molecule has 0 saturated heterocycles. The summed E-state index contributed by atoms with van der Waals surface area (Å²) in [5.74, 6) is 1.12. The highest BCUT2D eigenvalue weighted by Gasteiger charge is 2.20. The van der Waals surface area contributed by atoms with Gasteiger partial charge >= 0.3 is 0 Å². The monoisotopic (exact) mass is 398 g/mol. The normalized spacial score (nSPS) is 11.6. The van der Waals surface area contributed by atoms with Gasteiger partial charge in [-0.15, -0.1) is 0 Å². The Morgan fingerprint density at radius 3 is 2.54 bits per heavy atom. The van der Waals surface area contributed by atoms with Crippen molar-refractivity contribution < 1.29 is 19.0 Å². The van der Waals surface area contributed by atoms with Crippen LogP contribution < -0.4 is 19.5 Å². The third-order valence-electron chi connectivity index (χ3n) is 3.61. The third-order valence-corrected chi connectivity index (χ3v) is 4.08. The smallest absolute Gasteiger partial charge is 0.261 e. The van der Waals surface area contributed by atoms with E-state index in [0.29, 0.717) is 29.5 Å².